The van der Waals surface area contributed by atoms with E-state index in [1.54, 1.807) is 0 Å². The van der Waals surface area contributed by atoms with Crippen molar-refractivity contribution in [3.63, 3.8) is 0 Å². The van der Waals surface area contributed by atoms with Crippen LogP contribution in [0.1, 0.15) is 22.3 Å². The van der Waals surface area contributed by atoms with Gasteiger partial charge in [-0.1, -0.05) is 0 Å². The van der Waals surface area contributed by atoms with Crippen LogP contribution in [0.5, 0.6) is 11.5 Å². The lowest BCUT2D eigenvalue weighted by atomic mass is 10.1. The summed E-state index contributed by atoms with van der Waals surface area (Å²) in [5.74, 6) is -2.50. The Morgan fingerprint density at radius 1 is 0.379 bits per heavy atom. The Morgan fingerprint density at radius 3 is 0.759 bits per heavy atom. The Hall–Kier alpha value is -2.60. The first-order valence-electron chi connectivity index (χ1n) is 7.14. The minimum atomic E-state index is -5.29. The van der Waals surface area contributed by atoms with Gasteiger partial charge in [0, 0.05) is 0 Å². The molecule has 0 saturated heterocycles. The van der Waals surface area contributed by atoms with E-state index in [2.05, 4.69) is 4.74 Å². The van der Waals surface area contributed by atoms with Gasteiger partial charge in [-0.3, -0.25) is 0 Å². The van der Waals surface area contributed by atoms with Crippen molar-refractivity contribution in [3.05, 3.63) is 58.7 Å². The van der Waals surface area contributed by atoms with Crippen molar-refractivity contribution in [3.8, 4) is 11.5 Å². The van der Waals surface area contributed by atoms with E-state index in [-0.39, 0.29) is 36.4 Å². The molecule has 0 aliphatic heterocycles. The fourth-order valence-corrected chi connectivity index (χ4v) is 2.11. The van der Waals surface area contributed by atoms with Gasteiger partial charge in [-0.05, 0) is 36.4 Å². The van der Waals surface area contributed by atoms with Crippen LogP contribution in [0.4, 0.5) is 52.7 Å². The molecule has 0 spiro atoms. The summed E-state index contributed by atoms with van der Waals surface area (Å²) in [5, 5.41) is 0. The third kappa shape index (κ3) is 5.70. The summed E-state index contributed by atoms with van der Waals surface area (Å²) in [6.45, 7) is 0. The van der Waals surface area contributed by atoms with Gasteiger partial charge in [0.25, 0.3) is 0 Å². The molecule has 0 amide bonds. The summed E-state index contributed by atoms with van der Waals surface area (Å²) in [5.41, 5.74) is -7.42. The van der Waals surface area contributed by atoms with Gasteiger partial charge < -0.3 is 4.74 Å². The number of halogens is 12. The highest BCUT2D eigenvalue weighted by Gasteiger charge is 2.39. The molecule has 0 unspecified atom stereocenters. The predicted molar refractivity (Wildman–Crippen MR) is 73.0 cm³/mol. The zero-order valence-corrected chi connectivity index (χ0v) is 13.4. The van der Waals surface area contributed by atoms with E-state index in [0.29, 0.717) is 0 Å². The van der Waals surface area contributed by atoms with Crippen LogP contribution >= 0.6 is 0 Å². The highest BCUT2D eigenvalue weighted by atomic mass is 19.4. The largest absolute Gasteiger partial charge is 0.457 e. The van der Waals surface area contributed by atoms with E-state index >= 15 is 0 Å². The van der Waals surface area contributed by atoms with Crippen LogP contribution in [0.15, 0.2) is 36.4 Å². The topological polar surface area (TPSA) is 9.23 Å². The molecule has 2 rings (SSSR count). The van der Waals surface area contributed by atoms with Crippen LogP contribution in [0, 0.1) is 0 Å². The van der Waals surface area contributed by atoms with Crippen molar-refractivity contribution in [1.82, 2.24) is 0 Å². The highest BCUT2D eigenvalue weighted by Crippen LogP contribution is 2.42. The van der Waals surface area contributed by atoms with Gasteiger partial charge in [-0.2, -0.15) is 52.7 Å². The summed E-state index contributed by atoms with van der Waals surface area (Å²) in [7, 11) is 0. The molecule has 0 fully saturated rings. The molecule has 0 radical (unpaired) electrons. The maximum atomic E-state index is 12.8. The molecular formula is C16H6F12O. The lowest BCUT2D eigenvalue weighted by molar-refractivity contribution is -0.144. The second kappa shape index (κ2) is 7.02. The first-order valence-corrected chi connectivity index (χ1v) is 7.14. The lowest BCUT2D eigenvalue weighted by Gasteiger charge is -2.17. The minimum Gasteiger partial charge on any atom is -0.457 e. The molecule has 0 N–H and O–H groups in total. The number of hydrogen-bond donors (Lipinski definition) is 0. The Labute approximate surface area is 153 Å². The molecule has 0 bridgehead atoms. The number of alkyl halides is 12. The van der Waals surface area contributed by atoms with Crippen molar-refractivity contribution >= 4 is 0 Å². The average molecular weight is 442 g/mol. The van der Waals surface area contributed by atoms with Gasteiger partial charge in [0.15, 0.2) is 0 Å². The molecule has 2 aromatic rings. The predicted octanol–water partition coefficient (Wildman–Crippen LogP) is 7.55. The average Bonchev–Trinajstić information content (AvgIpc) is 2.51. The summed E-state index contributed by atoms with van der Waals surface area (Å²) in [4.78, 5) is 0. The van der Waals surface area contributed by atoms with E-state index in [1.807, 2.05) is 0 Å². The summed E-state index contributed by atoms with van der Waals surface area (Å²) >= 11 is 0. The van der Waals surface area contributed by atoms with Crippen LogP contribution in [0.2, 0.25) is 0 Å². The van der Waals surface area contributed by atoms with Crippen LogP contribution < -0.4 is 4.74 Å². The van der Waals surface area contributed by atoms with Gasteiger partial charge in [0.05, 0.1) is 22.3 Å². The molecule has 29 heavy (non-hydrogen) atoms. The van der Waals surface area contributed by atoms with Crippen molar-refractivity contribution in [1.29, 1.82) is 0 Å². The molecule has 0 aliphatic carbocycles. The first-order chi connectivity index (χ1) is 12.9. The van der Waals surface area contributed by atoms with Gasteiger partial charge in [0.2, 0.25) is 0 Å². The molecule has 0 saturated carbocycles. The summed E-state index contributed by atoms with van der Waals surface area (Å²) in [6, 6.07) is -0.489. The molecule has 13 heteroatoms. The van der Waals surface area contributed by atoms with Crippen LogP contribution in [-0.4, -0.2) is 0 Å². The van der Waals surface area contributed by atoms with Crippen LogP contribution in [0.25, 0.3) is 0 Å². The van der Waals surface area contributed by atoms with Crippen molar-refractivity contribution < 1.29 is 57.4 Å². The molecule has 0 aliphatic rings. The second-order valence-electron chi connectivity index (χ2n) is 5.59. The molecule has 2 aromatic carbocycles. The first kappa shape index (κ1) is 22.7. The van der Waals surface area contributed by atoms with Gasteiger partial charge >= 0.3 is 24.7 Å². The zero-order chi connectivity index (χ0) is 22.4. The zero-order valence-electron chi connectivity index (χ0n) is 13.4. The number of rotatable bonds is 2. The molecular weight excluding hydrogens is 436 g/mol. The van der Waals surface area contributed by atoms with E-state index < -0.39 is 58.5 Å². The van der Waals surface area contributed by atoms with E-state index in [0.717, 1.165) is 0 Å². The van der Waals surface area contributed by atoms with Crippen molar-refractivity contribution in [2.45, 2.75) is 24.7 Å². The Balaban J connectivity index is 2.61. The molecule has 0 aromatic heterocycles. The number of benzene rings is 2. The Kier molecular flexibility index (Phi) is 5.49. The smallest absolute Gasteiger partial charge is 0.416 e. The van der Waals surface area contributed by atoms with Gasteiger partial charge in [-0.25, -0.2) is 0 Å². The second-order valence-corrected chi connectivity index (χ2v) is 5.59. The SMILES string of the molecule is FC(F)(F)c1cc(Oc2cc(C(F)(F)F)cc(C(F)(F)F)c2)cc(C(F)(F)F)c1. The normalized spacial score (nSPS) is 13.5. The maximum Gasteiger partial charge on any atom is 0.416 e. The van der Waals surface area contributed by atoms with Crippen LogP contribution in [0.3, 0.4) is 0 Å². The number of ether oxygens (including phenoxy) is 1. The Morgan fingerprint density at radius 2 is 0.586 bits per heavy atom. The Bertz CT molecular complexity index is 749. The molecule has 1 nitrogen and oxygen atoms in total. The van der Waals surface area contributed by atoms with E-state index in [4.69, 9.17) is 0 Å². The third-order valence-electron chi connectivity index (χ3n) is 3.36. The number of hydrogen-bond acceptors (Lipinski definition) is 1. The molecule has 160 valence electrons. The fourth-order valence-electron chi connectivity index (χ4n) is 2.11. The summed E-state index contributed by atoms with van der Waals surface area (Å²) < 4.78 is 158. The summed E-state index contributed by atoms with van der Waals surface area (Å²) in [6.07, 6.45) is -21.1. The van der Waals surface area contributed by atoms with E-state index in [9.17, 15) is 52.7 Å². The lowest BCUT2D eigenvalue weighted by Crippen LogP contribution is -2.12. The quantitative estimate of drug-likeness (QED) is 0.437. The van der Waals surface area contributed by atoms with Crippen LogP contribution in [-0.2, 0) is 24.7 Å². The highest BCUT2D eigenvalue weighted by molar-refractivity contribution is 5.43. The van der Waals surface area contributed by atoms with Crippen molar-refractivity contribution in [2.75, 3.05) is 0 Å². The standard InChI is InChI=1S/C16H6F12O/c17-13(18,19)7-1-8(14(20,21)22)4-11(3-7)29-12-5-9(15(23,24)25)2-10(6-12)16(26,27)28/h1-6H. The fraction of sp³-hybridized carbons (Fsp3) is 0.250. The van der Waals surface area contributed by atoms with E-state index in [1.165, 1.54) is 0 Å². The maximum absolute atomic E-state index is 12.8. The van der Waals surface area contributed by atoms with Gasteiger partial charge in [0.1, 0.15) is 11.5 Å². The molecule has 0 atom stereocenters. The van der Waals surface area contributed by atoms with Gasteiger partial charge in [-0.15, -0.1) is 0 Å². The van der Waals surface area contributed by atoms with Crippen molar-refractivity contribution in [2.24, 2.45) is 0 Å². The molecule has 0 heterocycles. The third-order valence-corrected chi connectivity index (χ3v) is 3.36. The minimum absolute atomic E-state index is 0.0166. The monoisotopic (exact) mass is 442 g/mol.